The third kappa shape index (κ3) is 7.34. The van der Waals surface area contributed by atoms with E-state index in [1.807, 2.05) is 0 Å². The zero-order chi connectivity index (χ0) is 24.8. The number of nitrogens with one attached hydrogen (secondary N) is 2. The molecule has 0 radical (unpaired) electrons. The van der Waals surface area contributed by atoms with E-state index < -0.39 is 39.8 Å². The van der Waals surface area contributed by atoms with Crippen LogP contribution in [0, 0.1) is 0 Å². The van der Waals surface area contributed by atoms with Gasteiger partial charge in [0.25, 0.3) is 5.91 Å². The SMILES string of the molecule is CC(C)S(=O)(=O)Nc1cccc(Oc2ncccc2C(=O)N(C)CCNC(=O)C(F)(F)F)c1. The molecule has 2 N–H and O–H groups in total. The maximum absolute atomic E-state index is 12.7. The number of carbonyl (C=O) groups is 2. The van der Waals surface area contributed by atoms with Crippen LogP contribution in [0.2, 0.25) is 0 Å². The molecule has 13 heteroatoms. The van der Waals surface area contributed by atoms with E-state index in [1.54, 1.807) is 11.4 Å². The lowest BCUT2D eigenvalue weighted by molar-refractivity contribution is -0.173. The topological polar surface area (TPSA) is 118 Å². The predicted molar refractivity (Wildman–Crippen MR) is 114 cm³/mol. The van der Waals surface area contributed by atoms with Crippen LogP contribution in [-0.2, 0) is 14.8 Å². The van der Waals surface area contributed by atoms with Gasteiger partial charge in [-0.15, -0.1) is 0 Å². The molecule has 2 amide bonds. The Morgan fingerprint density at radius 1 is 1.18 bits per heavy atom. The van der Waals surface area contributed by atoms with E-state index in [4.69, 9.17) is 4.74 Å². The fraction of sp³-hybridized carbons (Fsp3) is 0.350. The Kier molecular flexibility index (Phi) is 8.25. The van der Waals surface area contributed by atoms with Crippen molar-refractivity contribution in [1.29, 1.82) is 0 Å². The van der Waals surface area contributed by atoms with Gasteiger partial charge in [-0.3, -0.25) is 14.3 Å². The number of likely N-dealkylation sites (N-methyl/N-ethyl adjacent to an activating group) is 1. The van der Waals surface area contributed by atoms with Crippen molar-refractivity contribution in [3.05, 3.63) is 48.2 Å². The predicted octanol–water partition coefficient (Wildman–Crippen LogP) is 2.77. The first-order chi connectivity index (χ1) is 15.3. The maximum Gasteiger partial charge on any atom is 0.471 e. The number of aromatic nitrogens is 1. The molecule has 1 aromatic heterocycles. The molecular formula is C20H23F3N4O5S. The van der Waals surface area contributed by atoms with E-state index in [9.17, 15) is 31.2 Å². The van der Waals surface area contributed by atoms with Gasteiger partial charge >= 0.3 is 12.1 Å². The van der Waals surface area contributed by atoms with Crippen LogP contribution in [0.1, 0.15) is 24.2 Å². The van der Waals surface area contributed by atoms with Gasteiger partial charge in [0.1, 0.15) is 11.3 Å². The van der Waals surface area contributed by atoms with Crippen LogP contribution >= 0.6 is 0 Å². The van der Waals surface area contributed by atoms with Crippen molar-refractivity contribution >= 4 is 27.5 Å². The number of hydrogen-bond acceptors (Lipinski definition) is 6. The van der Waals surface area contributed by atoms with E-state index in [2.05, 4.69) is 9.71 Å². The van der Waals surface area contributed by atoms with Crippen molar-refractivity contribution in [2.75, 3.05) is 24.9 Å². The highest BCUT2D eigenvalue weighted by Gasteiger charge is 2.38. The third-order valence-electron chi connectivity index (χ3n) is 4.27. The van der Waals surface area contributed by atoms with Gasteiger partial charge in [0.05, 0.1) is 10.9 Å². The molecule has 0 aliphatic heterocycles. The smallest absolute Gasteiger partial charge is 0.438 e. The number of carbonyl (C=O) groups excluding carboxylic acids is 2. The molecule has 1 aromatic carbocycles. The number of alkyl halides is 3. The quantitative estimate of drug-likeness (QED) is 0.561. The molecule has 0 aliphatic rings. The summed E-state index contributed by atoms with van der Waals surface area (Å²) in [4.78, 5) is 28.7. The number of benzene rings is 1. The number of ether oxygens (including phenoxy) is 1. The minimum Gasteiger partial charge on any atom is -0.438 e. The molecule has 0 bridgehead atoms. The van der Waals surface area contributed by atoms with Crippen molar-refractivity contribution in [3.63, 3.8) is 0 Å². The van der Waals surface area contributed by atoms with E-state index in [-0.39, 0.29) is 29.4 Å². The average Bonchev–Trinajstić information content (AvgIpc) is 2.72. The normalized spacial score (nSPS) is 11.7. The Balaban J connectivity index is 2.12. The van der Waals surface area contributed by atoms with Gasteiger partial charge in [-0.25, -0.2) is 13.4 Å². The molecule has 0 aliphatic carbocycles. The van der Waals surface area contributed by atoms with Crippen LogP contribution in [0.4, 0.5) is 18.9 Å². The Labute approximate surface area is 189 Å². The van der Waals surface area contributed by atoms with E-state index in [0.717, 1.165) is 4.90 Å². The minimum absolute atomic E-state index is 0.0234. The summed E-state index contributed by atoms with van der Waals surface area (Å²) in [5.74, 6) is -2.58. The third-order valence-corrected chi connectivity index (χ3v) is 6.03. The van der Waals surface area contributed by atoms with Gasteiger partial charge in [-0.2, -0.15) is 13.2 Å². The first-order valence-electron chi connectivity index (χ1n) is 9.66. The standard InChI is InChI=1S/C20H23F3N4O5S/c1-13(2)33(30,31)26-14-6-4-7-15(12-14)32-17-16(8-5-9-24-17)18(28)27(3)11-10-25-19(29)20(21,22)23/h4-9,12-13,26H,10-11H2,1-3H3,(H,25,29). The van der Waals surface area contributed by atoms with Gasteiger partial charge < -0.3 is 15.0 Å². The van der Waals surface area contributed by atoms with Crippen molar-refractivity contribution in [2.24, 2.45) is 0 Å². The first kappa shape index (κ1) is 25.9. The summed E-state index contributed by atoms with van der Waals surface area (Å²) in [6.45, 7) is 2.45. The van der Waals surface area contributed by atoms with Gasteiger partial charge in [0.2, 0.25) is 15.9 Å². The number of anilines is 1. The second kappa shape index (κ2) is 10.5. The lowest BCUT2D eigenvalue weighted by Gasteiger charge is -2.19. The molecule has 1 heterocycles. The van der Waals surface area contributed by atoms with E-state index in [0.29, 0.717) is 0 Å². The van der Waals surface area contributed by atoms with Gasteiger partial charge in [-0.05, 0) is 38.1 Å². The zero-order valence-corrected chi connectivity index (χ0v) is 18.8. The Hall–Kier alpha value is -3.35. The largest absolute Gasteiger partial charge is 0.471 e. The summed E-state index contributed by atoms with van der Waals surface area (Å²) >= 11 is 0. The number of sulfonamides is 1. The highest BCUT2D eigenvalue weighted by Crippen LogP contribution is 2.26. The lowest BCUT2D eigenvalue weighted by Crippen LogP contribution is -2.41. The number of pyridine rings is 1. The van der Waals surface area contributed by atoms with Gasteiger partial charge in [0, 0.05) is 32.4 Å². The fourth-order valence-corrected chi connectivity index (χ4v) is 3.09. The second-order valence-corrected chi connectivity index (χ2v) is 9.40. The highest BCUT2D eigenvalue weighted by molar-refractivity contribution is 7.93. The molecule has 0 unspecified atom stereocenters. The van der Waals surface area contributed by atoms with E-state index in [1.165, 1.54) is 57.4 Å². The van der Waals surface area contributed by atoms with Crippen LogP contribution in [0.15, 0.2) is 42.6 Å². The number of nitrogens with zero attached hydrogens (tertiary/aromatic N) is 2. The van der Waals surface area contributed by atoms with Crippen LogP contribution < -0.4 is 14.8 Å². The number of amides is 2. The van der Waals surface area contributed by atoms with Gasteiger partial charge in [0.15, 0.2) is 0 Å². The summed E-state index contributed by atoms with van der Waals surface area (Å²) < 4.78 is 69.0. The van der Waals surface area contributed by atoms with Crippen LogP contribution in [0.5, 0.6) is 11.6 Å². The zero-order valence-electron chi connectivity index (χ0n) is 18.0. The fourth-order valence-electron chi connectivity index (χ4n) is 2.40. The summed E-state index contributed by atoms with van der Waals surface area (Å²) in [5, 5.41) is 1.03. The second-order valence-electron chi connectivity index (χ2n) is 7.16. The van der Waals surface area contributed by atoms with Crippen molar-refractivity contribution in [3.8, 4) is 11.6 Å². The van der Waals surface area contributed by atoms with Crippen LogP contribution in [0.25, 0.3) is 0 Å². The summed E-state index contributed by atoms with van der Waals surface area (Å²) in [5.41, 5.74) is 0.276. The van der Waals surface area contributed by atoms with E-state index >= 15 is 0 Å². The lowest BCUT2D eigenvalue weighted by atomic mass is 10.2. The summed E-state index contributed by atoms with van der Waals surface area (Å²) in [6.07, 6.45) is -3.63. The van der Waals surface area contributed by atoms with Crippen LogP contribution in [0.3, 0.4) is 0 Å². The minimum atomic E-state index is -5.01. The average molecular weight is 488 g/mol. The highest BCUT2D eigenvalue weighted by atomic mass is 32.2. The Bertz CT molecular complexity index is 1110. The van der Waals surface area contributed by atoms with Gasteiger partial charge in [-0.1, -0.05) is 6.07 Å². The van der Waals surface area contributed by atoms with Crippen molar-refractivity contribution in [2.45, 2.75) is 25.3 Å². The number of halogens is 3. The van der Waals surface area contributed by atoms with Crippen molar-refractivity contribution in [1.82, 2.24) is 15.2 Å². The molecule has 33 heavy (non-hydrogen) atoms. The molecule has 9 nitrogen and oxygen atoms in total. The first-order valence-corrected chi connectivity index (χ1v) is 11.2. The Morgan fingerprint density at radius 3 is 2.52 bits per heavy atom. The molecule has 2 aromatic rings. The maximum atomic E-state index is 12.7. The number of hydrogen-bond donors (Lipinski definition) is 2. The molecule has 0 saturated carbocycles. The molecule has 0 atom stereocenters. The molecule has 0 spiro atoms. The number of rotatable bonds is 9. The molecule has 2 rings (SSSR count). The molecule has 0 saturated heterocycles. The van der Waals surface area contributed by atoms with Crippen LogP contribution in [-0.4, -0.2) is 61.7 Å². The molecular weight excluding hydrogens is 465 g/mol. The molecule has 0 fully saturated rings. The molecule has 180 valence electrons. The van der Waals surface area contributed by atoms with Crippen molar-refractivity contribution < 1.29 is 35.9 Å². The Morgan fingerprint density at radius 2 is 1.88 bits per heavy atom. The summed E-state index contributed by atoms with van der Waals surface area (Å²) in [6, 6.07) is 8.92. The summed E-state index contributed by atoms with van der Waals surface area (Å²) in [7, 11) is -2.23. The monoisotopic (exact) mass is 488 g/mol.